The molecular weight excluding hydrogens is 321 g/mol. The van der Waals surface area contributed by atoms with Crippen molar-refractivity contribution in [1.29, 1.82) is 0 Å². The van der Waals surface area contributed by atoms with Crippen LogP contribution < -0.4 is 11.1 Å². The summed E-state index contributed by atoms with van der Waals surface area (Å²) in [5, 5.41) is 2.60. The summed E-state index contributed by atoms with van der Waals surface area (Å²) < 4.78 is 41.8. The molecule has 126 valence electrons. The Hall–Kier alpha value is -1.31. The van der Waals surface area contributed by atoms with E-state index in [2.05, 4.69) is 5.32 Å². The number of halogens is 4. The van der Waals surface area contributed by atoms with E-state index in [1.54, 1.807) is 24.3 Å². The molecule has 1 aromatic rings. The summed E-state index contributed by atoms with van der Waals surface area (Å²) in [5.74, 6) is -0.341. The molecule has 8 heteroatoms. The highest BCUT2D eigenvalue weighted by atomic mass is 35.5. The number of carbonyl (C=O) groups is 1. The number of anilines is 1. The minimum Gasteiger partial charge on any atom is -0.380 e. The summed E-state index contributed by atoms with van der Waals surface area (Å²) >= 11 is 0. The first kappa shape index (κ1) is 20.7. The smallest absolute Gasteiger partial charge is 0.380 e. The van der Waals surface area contributed by atoms with E-state index >= 15 is 0 Å². The predicted molar refractivity (Wildman–Crippen MR) is 81.2 cm³/mol. The number of methoxy groups -OCH3 is 1. The van der Waals surface area contributed by atoms with Gasteiger partial charge in [-0.25, -0.2) is 0 Å². The lowest BCUT2D eigenvalue weighted by Crippen LogP contribution is -2.28. The predicted octanol–water partition coefficient (Wildman–Crippen LogP) is 2.91. The van der Waals surface area contributed by atoms with Crippen LogP contribution >= 0.6 is 12.4 Å². The van der Waals surface area contributed by atoms with E-state index in [1.165, 1.54) is 7.11 Å². The third-order valence-electron chi connectivity index (χ3n) is 2.98. The molecule has 4 nitrogen and oxygen atoms in total. The maximum Gasteiger partial charge on any atom is 0.389 e. The van der Waals surface area contributed by atoms with Crippen molar-refractivity contribution in [1.82, 2.24) is 0 Å². The summed E-state index contributed by atoms with van der Waals surface area (Å²) in [7, 11) is 1.45. The van der Waals surface area contributed by atoms with Crippen molar-refractivity contribution < 1.29 is 22.7 Å². The first-order valence-corrected chi connectivity index (χ1v) is 6.53. The van der Waals surface area contributed by atoms with Crippen molar-refractivity contribution in [3.63, 3.8) is 0 Å². The molecule has 0 aliphatic heterocycles. The number of alkyl halides is 3. The molecule has 0 saturated carbocycles. The van der Waals surface area contributed by atoms with E-state index in [4.69, 9.17) is 10.5 Å². The maximum atomic E-state index is 12.3. The Morgan fingerprint density at radius 1 is 1.36 bits per heavy atom. The molecule has 0 aliphatic carbocycles. The molecule has 1 amide bonds. The molecule has 0 aromatic heterocycles. The number of hydrogen-bond donors (Lipinski definition) is 2. The first-order valence-electron chi connectivity index (χ1n) is 6.53. The van der Waals surface area contributed by atoms with Crippen LogP contribution in [0.1, 0.15) is 18.4 Å². The summed E-state index contributed by atoms with van der Waals surface area (Å²) in [4.78, 5) is 11.8. The van der Waals surface area contributed by atoms with E-state index in [0.29, 0.717) is 11.3 Å². The number of aryl methyl sites for hydroxylation is 1. The van der Waals surface area contributed by atoms with Gasteiger partial charge in [0, 0.05) is 25.8 Å². The van der Waals surface area contributed by atoms with E-state index in [9.17, 15) is 18.0 Å². The van der Waals surface area contributed by atoms with Gasteiger partial charge in [0.15, 0.2) is 0 Å². The second-order valence-electron chi connectivity index (χ2n) is 4.62. The fourth-order valence-corrected chi connectivity index (χ4v) is 1.81. The SMILES string of the molecule is COC(CN)CC(=O)Nc1ccccc1CCC(F)(F)F.Cl. The van der Waals surface area contributed by atoms with Gasteiger partial charge in [-0.2, -0.15) is 13.2 Å². The molecule has 0 saturated heterocycles. The Bertz CT molecular complexity index is 466. The van der Waals surface area contributed by atoms with Crippen LogP contribution in [0.3, 0.4) is 0 Å². The minimum atomic E-state index is -4.22. The Balaban J connectivity index is 0.00000441. The quantitative estimate of drug-likeness (QED) is 0.802. The lowest BCUT2D eigenvalue weighted by molar-refractivity contribution is -0.133. The number of para-hydroxylation sites is 1. The lowest BCUT2D eigenvalue weighted by Gasteiger charge is -2.15. The number of ether oxygens (including phenoxy) is 1. The Morgan fingerprint density at radius 3 is 2.55 bits per heavy atom. The summed E-state index contributed by atoms with van der Waals surface area (Å²) in [6, 6.07) is 6.44. The van der Waals surface area contributed by atoms with Gasteiger partial charge in [-0.1, -0.05) is 18.2 Å². The van der Waals surface area contributed by atoms with Crippen molar-refractivity contribution in [3.05, 3.63) is 29.8 Å². The highest BCUT2D eigenvalue weighted by Crippen LogP contribution is 2.25. The van der Waals surface area contributed by atoms with Crippen molar-refractivity contribution >= 4 is 24.0 Å². The molecule has 3 N–H and O–H groups in total. The van der Waals surface area contributed by atoms with Gasteiger partial charge in [0.25, 0.3) is 0 Å². The second kappa shape index (κ2) is 9.66. The summed E-state index contributed by atoms with van der Waals surface area (Å²) in [6.07, 6.45) is -5.68. The van der Waals surface area contributed by atoms with E-state index in [1.807, 2.05) is 0 Å². The fraction of sp³-hybridized carbons (Fsp3) is 0.500. The molecule has 22 heavy (non-hydrogen) atoms. The molecule has 1 unspecified atom stereocenters. The van der Waals surface area contributed by atoms with E-state index < -0.39 is 18.7 Å². The number of benzene rings is 1. The monoisotopic (exact) mass is 340 g/mol. The van der Waals surface area contributed by atoms with Crippen molar-refractivity contribution in [2.45, 2.75) is 31.5 Å². The molecular formula is C14H20ClF3N2O2. The van der Waals surface area contributed by atoms with Crippen LogP contribution in [0.15, 0.2) is 24.3 Å². The molecule has 0 fully saturated rings. The van der Waals surface area contributed by atoms with Crippen LogP contribution in [0, 0.1) is 0 Å². The zero-order chi connectivity index (χ0) is 15.9. The van der Waals surface area contributed by atoms with Crippen LogP contribution in [-0.4, -0.2) is 31.8 Å². The molecule has 0 radical (unpaired) electrons. The van der Waals surface area contributed by atoms with Gasteiger partial charge in [-0.05, 0) is 18.1 Å². The third-order valence-corrected chi connectivity index (χ3v) is 2.98. The van der Waals surface area contributed by atoms with Gasteiger partial charge in [-0.3, -0.25) is 4.79 Å². The lowest BCUT2D eigenvalue weighted by atomic mass is 10.1. The van der Waals surface area contributed by atoms with E-state index in [-0.39, 0.29) is 37.7 Å². The minimum absolute atomic E-state index is 0. The maximum absolute atomic E-state index is 12.3. The molecule has 0 heterocycles. The largest absolute Gasteiger partial charge is 0.389 e. The fourth-order valence-electron chi connectivity index (χ4n) is 1.81. The standard InChI is InChI=1S/C14H19F3N2O2.ClH/c1-21-11(9-18)8-13(20)19-12-5-3-2-4-10(12)6-7-14(15,16)17;/h2-5,11H,6-9,18H2,1H3,(H,19,20);1H. The van der Waals surface area contributed by atoms with Crippen molar-refractivity contribution in [2.24, 2.45) is 5.73 Å². The van der Waals surface area contributed by atoms with Crippen LogP contribution in [0.2, 0.25) is 0 Å². The van der Waals surface area contributed by atoms with Gasteiger partial charge in [-0.15, -0.1) is 12.4 Å². The van der Waals surface area contributed by atoms with Gasteiger partial charge in [0.2, 0.25) is 5.91 Å². The Labute approximate surface area is 133 Å². The number of rotatable bonds is 7. The van der Waals surface area contributed by atoms with Crippen LogP contribution in [0.25, 0.3) is 0 Å². The molecule has 1 atom stereocenters. The number of nitrogens with one attached hydrogen (secondary N) is 1. The zero-order valence-corrected chi connectivity index (χ0v) is 13.0. The van der Waals surface area contributed by atoms with Crippen LogP contribution in [0.4, 0.5) is 18.9 Å². The first-order chi connectivity index (χ1) is 9.85. The summed E-state index contributed by atoms with van der Waals surface area (Å²) in [6.45, 7) is 0.194. The van der Waals surface area contributed by atoms with Gasteiger partial charge in [0.1, 0.15) is 0 Å². The average molecular weight is 341 g/mol. The highest BCUT2D eigenvalue weighted by Gasteiger charge is 2.27. The normalized spacial score (nSPS) is 12.4. The van der Waals surface area contributed by atoms with E-state index in [0.717, 1.165) is 0 Å². The molecule has 0 aliphatic rings. The van der Waals surface area contributed by atoms with Crippen LogP contribution in [-0.2, 0) is 16.0 Å². The van der Waals surface area contributed by atoms with Gasteiger partial charge in [0.05, 0.1) is 12.5 Å². The van der Waals surface area contributed by atoms with Crippen LogP contribution in [0.5, 0.6) is 0 Å². The third kappa shape index (κ3) is 7.63. The van der Waals surface area contributed by atoms with Gasteiger partial charge >= 0.3 is 6.18 Å². The Kier molecular flexibility index (Phi) is 9.08. The number of nitrogens with two attached hydrogens (primary N) is 1. The van der Waals surface area contributed by atoms with Crippen molar-refractivity contribution in [3.8, 4) is 0 Å². The number of amides is 1. The Morgan fingerprint density at radius 2 is 2.00 bits per heavy atom. The highest BCUT2D eigenvalue weighted by molar-refractivity contribution is 5.91. The average Bonchev–Trinajstić information content (AvgIpc) is 2.43. The molecule has 0 bridgehead atoms. The molecule has 1 aromatic carbocycles. The number of carbonyl (C=O) groups excluding carboxylic acids is 1. The molecule has 0 spiro atoms. The molecule has 1 rings (SSSR count). The zero-order valence-electron chi connectivity index (χ0n) is 12.2. The van der Waals surface area contributed by atoms with Gasteiger partial charge < -0.3 is 15.8 Å². The number of hydrogen-bond acceptors (Lipinski definition) is 3. The second-order valence-corrected chi connectivity index (χ2v) is 4.62. The topological polar surface area (TPSA) is 64.3 Å². The van der Waals surface area contributed by atoms with Crippen molar-refractivity contribution in [2.75, 3.05) is 19.0 Å². The summed E-state index contributed by atoms with van der Waals surface area (Å²) in [5.41, 5.74) is 6.26.